The van der Waals surface area contributed by atoms with Crippen molar-refractivity contribution in [1.82, 2.24) is 25.1 Å². The van der Waals surface area contributed by atoms with Gasteiger partial charge in [0.1, 0.15) is 11.4 Å². The van der Waals surface area contributed by atoms with Gasteiger partial charge < -0.3 is 14.8 Å². The van der Waals surface area contributed by atoms with Crippen LogP contribution in [0, 0.1) is 0 Å². The summed E-state index contributed by atoms with van der Waals surface area (Å²) < 4.78 is 4.86. The molecule has 30 heavy (non-hydrogen) atoms. The van der Waals surface area contributed by atoms with Crippen LogP contribution in [-0.4, -0.2) is 64.1 Å². The van der Waals surface area contributed by atoms with Crippen molar-refractivity contribution in [1.29, 1.82) is 0 Å². The highest BCUT2D eigenvalue weighted by atomic mass is 16.6. The van der Waals surface area contributed by atoms with E-state index in [1.54, 1.807) is 23.9 Å². The molecule has 1 N–H and O–H groups in total. The molecule has 1 saturated carbocycles. The molecular weight excluding hydrogens is 382 g/mol. The lowest BCUT2D eigenvalue weighted by atomic mass is 9.99. The normalized spacial score (nSPS) is 16.6. The summed E-state index contributed by atoms with van der Waals surface area (Å²) in [6.45, 7) is 1.15. The minimum Gasteiger partial charge on any atom is -0.351 e. The molecule has 2 aromatic heterocycles. The van der Waals surface area contributed by atoms with Gasteiger partial charge in [0, 0.05) is 45.4 Å². The number of carbonyl (C=O) groups is 2. The van der Waals surface area contributed by atoms with Crippen molar-refractivity contribution in [2.75, 3.05) is 27.2 Å². The standard InChI is InChI=1S/C22H23N5O3.H2/c1-26(2)21(28)18-11-15-8-7-14(10-17(15)23-18)16-4-3-9-27(12-16)22(29)20-19(13-5-6-13)24-30-25-20;/h4,7-8,10-11,13,23H,3,5-6,9,12H2,1-2H3;1H. The predicted molar refractivity (Wildman–Crippen MR) is 113 cm³/mol. The number of hydrogen-bond donors (Lipinski definition) is 1. The van der Waals surface area contributed by atoms with E-state index < -0.39 is 0 Å². The Morgan fingerprint density at radius 1 is 1.23 bits per heavy atom. The van der Waals surface area contributed by atoms with Crippen LogP contribution in [0.2, 0.25) is 0 Å². The van der Waals surface area contributed by atoms with Crippen LogP contribution in [0.25, 0.3) is 16.5 Å². The summed E-state index contributed by atoms with van der Waals surface area (Å²) in [7, 11) is 3.47. The van der Waals surface area contributed by atoms with Gasteiger partial charge in [0.05, 0.1) is 0 Å². The molecule has 1 aliphatic carbocycles. The van der Waals surface area contributed by atoms with Crippen molar-refractivity contribution >= 4 is 28.3 Å². The van der Waals surface area contributed by atoms with E-state index in [9.17, 15) is 9.59 Å². The van der Waals surface area contributed by atoms with Crippen LogP contribution in [0.1, 0.15) is 58.8 Å². The van der Waals surface area contributed by atoms with Crippen molar-refractivity contribution < 1.29 is 15.6 Å². The third-order valence-electron chi connectivity index (χ3n) is 5.75. The topological polar surface area (TPSA) is 95.3 Å². The first kappa shape index (κ1) is 18.6. The van der Waals surface area contributed by atoms with Crippen LogP contribution in [0.5, 0.6) is 0 Å². The lowest BCUT2D eigenvalue weighted by molar-refractivity contribution is 0.0762. The Balaban J connectivity index is 0.00000231. The molecular formula is C22H25N5O3. The van der Waals surface area contributed by atoms with Crippen LogP contribution in [0.15, 0.2) is 35.0 Å². The number of aromatic amines is 1. The molecule has 1 aliphatic heterocycles. The Bertz CT molecular complexity index is 1170. The van der Waals surface area contributed by atoms with Crippen molar-refractivity contribution in [3.8, 4) is 0 Å². The second-order valence-electron chi connectivity index (χ2n) is 8.20. The molecule has 0 spiro atoms. The SMILES string of the molecule is CN(C)C(=O)c1cc2ccc(C3=CCCN(C(=O)c4nonc4C4CC4)C3)cc2[nH]1.[HH]. The van der Waals surface area contributed by atoms with E-state index in [0.29, 0.717) is 36.1 Å². The lowest BCUT2D eigenvalue weighted by Gasteiger charge is -2.27. The van der Waals surface area contributed by atoms with Gasteiger partial charge >= 0.3 is 0 Å². The molecule has 0 unspecified atom stereocenters. The predicted octanol–water partition coefficient (Wildman–Crippen LogP) is 3.31. The number of carbonyl (C=O) groups excluding carboxylic acids is 2. The Kier molecular flexibility index (Phi) is 4.42. The number of amides is 2. The van der Waals surface area contributed by atoms with Crippen LogP contribution in [0.3, 0.4) is 0 Å². The first-order valence-corrected chi connectivity index (χ1v) is 10.2. The van der Waals surface area contributed by atoms with E-state index in [1.165, 1.54) is 0 Å². The van der Waals surface area contributed by atoms with Gasteiger partial charge in [0.2, 0.25) is 0 Å². The maximum Gasteiger partial charge on any atom is 0.278 e. The zero-order chi connectivity index (χ0) is 20.8. The molecule has 1 fully saturated rings. The summed E-state index contributed by atoms with van der Waals surface area (Å²) in [5.41, 5.74) is 4.63. The number of nitrogens with zero attached hydrogens (tertiary/aromatic N) is 4. The molecule has 3 aromatic rings. The Morgan fingerprint density at radius 2 is 2.07 bits per heavy atom. The number of aromatic nitrogens is 3. The summed E-state index contributed by atoms with van der Waals surface area (Å²) in [5.74, 6) is 0.127. The maximum absolute atomic E-state index is 13.0. The third kappa shape index (κ3) is 3.28. The van der Waals surface area contributed by atoms with Gasteiger partial charge in [-0.25, -0.2) is 4.63 Å². The van der Waals surface area contributed by atoms with Gasteiger partial charge in [-0.1, -0.05) is 23.4 Å². The molecule has 8 heteroatoms. The second-order valence-corrected chi connectivity index (χ2v) is 8.20. The van der Waals surface area contributed by atoms with Gasteiger partial charge in [-0.2, -0.15) is 0 Å². The van der Waals surface area contributed by atoms with Gasteiger partial charge in [0.15, 0.2) is 5.69 Å². The number of hydrogen-bond acceptors (Lipinski definition) is 5. The number of rotatable bonds is 4. The largest absolute Gasteiger partial charge is 0.351 e. The number of nitrogens with one attached hydrogen (secondary N) is 1. The molecule has 2 amide bonds. The van der Waals surface area contributed by atoms with Crippen LogP contribution in [-0.2, 0) is 0 Å². The fraction of sp³-hybridized carbons (Fsp3) is 0.364. The highest BCUT2D eigenvalue weighted by Gasteiger charge is 2.35. The first-order valence-electron chi connectivity index (χ1n) is 10.2. The summed E-state index contributed by atoms with van der Waals surface area (Å²) >= 11 is 0. The van der Waals surface area contributed by atoms with Gasteiger partial charge in [-0.3, -0.25) is 9.59 Å². The summed E-state index contributed by atoms with van der Waals surface area (Å²) in [6.07, 6.45) is 5.02. The van der Waals surface area contributed by atoms with E-state index in [0.717, 1.165) is 41.3 Å². The minimum absolute atomic E-state index is 0. The maximum atomic E-state index is 13.0. The Morgan fingerprint density at radius 3 is 2.83 bits per heavy atom. The van der Waals surface area contributed by atoms with Crippen molar-refractivity contribution in [2.24, 2.45) is 0 Å². The molecule has 5 rings (SSSR count). The minimum atomic E-state index is -0.122. The fourth-order valence-electron chi connectivity index (χ4n) is 3.93. The van der Waals surface area contributed by atoms with E-state index >= 15 is 0 Å². The molecule has 0 bridgehead atoms. The van der Waals surface area contributed by atoms with E-state index in [2.05, 4.69) is 21.4 Å². The Hall–Kier alpha value is -3.42. The van der Waals surface area contributed by atoms with Crippen LogP contribution in [0.4, 0.5) is 0 Å². The molecule has 0 radical (unpaired) electrons. The van der Waals surface area contributed by atoms with Crippen molar-refractivity contribution in [2.45, 2.75) is 25.2 Å². The van der Waals surface area contributed by atoms with E-state index in [1.807, 2.05) is 24.3 Å². The van der Waals surface area contributed by atoms with Gasteiger partial charge in [0.25, 0.3) is 11.8 Å². The molecule has 0 atom stereocenters. The molecule has 1 aromatic carbocycles. The second kappa shape index (κ2) is 7.12. The Labute approximate surface area is 175 Å². The average Bonchev–Trinajstić information content (AvgIpc) is 3.33. The zero-order valence-electron chi connectivity index (χ0n) is 17.0. The number of H-pyrrole nitrogens is 1. The summed E-state index contributed by atoms with van der Waals surface area (Å²) in [6, 6.07) is 7.94. The number of benzene rings is 1. The average molecular weight is 407 g/mol. The number of fused-ring (bicyclic) bond motifs is 1. The van der Waals surface area contributed by atoms with Crippen molar-refractivity contribution in [3.05, 3.63) is 53.0 Å². The van der Waals surface area contributed by atoms with Crippen LogP contribution < -0.4 is 0 Å². The summed E-state index contributed by atoms with van der Waals surface area (Å²) in [4.78, 5) is 31.8. The first-order chi connectivity index (χ1) is 14.5. The van der Waals surface area contributed by atoms with E-state index in [4.69, 9.17) is 4.63 Å². The quantitative estimate of drug-likeness (QED) is 0.716. The van der Waals surface area contributed by atoms with E-state index in [-0.39, 0.29) is 13.2 Å². The molecule has 3 heterocycles. The monoisotopic (exact) mass is 407 g/mol. The highest BCUT2D eigenvalue weighted by molar-refractivity contribution is 5.99. The van der Waals surface area contributed by atoms with Crippen molar-refractivity contribution in [3.63, 3.8) is 0 Å². The smallest absolute Gasteiger partial charge is 0.278 e. The molecule has 8 nitrogen and oxygen atoms in total. The highest BCUT2D eigenvalue weighted by Crippen LogP contribution is 2.40. The fourth-order valence-corrected chi connectivity index (χ4v) is 3.93. The third-order valence-corrected chi connectivity index (χ3v) is 5.75. The van der Waals surface area contributed by atoms with Gasteiger partial charge in [-0.15, -0.1) is 0 Å². The van der Waals surface area contributed by atoms with Gasteiger partial charge in [-0.05, 0) is 47.7 Å². The van der Waals surface area contributed by atoms with Crippen LogP contribution >= 0.6 is 0 Å². The molecule has 156 valence electrons. The lowest BCUT2D eigenvalue weighted by Crippen LogP contribution is -2.36. The zero-order valence-corrected chi connectivity index (χ0v) is 17.0. The molecule has 2 aliphatic rings. The summed E-state index contributed by atoms with van der Waals surface area (Å²) in [5, 5.41) is 8.82. The molecule has 0 saturated heterocycles.